The molecule has 1 N–H and O–H groups in total. The Kier molecular flexibility index (Phi) is 4.67. The Morgan fingerprint density at radius 2 is 1.63 bits per heavy atom. The van der Waals surface area contributed by atoms with Gasteiger partial charge >= 0.3 is 0 Å². The van der Waals surface area contributed by atoms with Crippen LogP contribution in [0.1, 0.15) is 22.6 Å². The smallest absolute Gasteiger partial charge is 0.185 e. The first-order valence-corrected chi connectivity index (χ1v) is 8.50. The first kappa shape index (κ1) is 17.0. The second-order valence-corrected chi connectivity index (χ2v) is 6.27. The van der Waals surface area contributed by atoms with Gasteiger partial charge in [-0.05, 0) is 41.3 Å². The number of aromatic nitrogens is 2. The van der Waals surface area contributed by atoms with Crippen LogP contribution in [0.4, 0.5) is 14.6 Å². The van der Waals surface area contributed by atoms with Gasteiger partial charge in [-0.1, -0.05) is 30.2 Å². The van der Waals surface area contributed by atoms with Gasteiger partial charge in [-0.15, -0.1) is 0 Å². The summed E-state index contributed by atoms with van der Waals surface area (Å²) in [5.74, 6) is 6.72. The number of H-pyrrole nitrogens is 1. The Bertz CT molecular complexity index is 1020. The van der Waals surface area contributed by atoms with Crippen LogP contribution in [-0.2, 0) is 19.5 Å². The van der Waals surface area contributed by atoms with Crippen molar-refractivity contribution in [1.29, 1.82) is 0 Å². The summed E-state index contributed by atoms with van der Waals surface area (Å²) < 4.78 is 25.9. The molecule has 1 aliphatic rings. The van der Waals surface area contributed by atoms with Crippen LogP contribution < -0.4 is 0 Å². The van der Waals surface area contributed by atoms with Gasteiger partial charge < -0.3 is 9.88 Å². The molecular weight excluding hydrogens is 346 g/mol. The van der Waals surface area contributed by atoms with E-state index >= 15 is 0 Å². The zero-order chi connectivity index (χ0) is 18.6. The molecule has 4 nitrogen and oxygen atoms in total. The second-order valence-electron chi connectivity index (χ2n) is 6.27. The van der Waals surface area contributed by atoms with Gasteiger partial charge in [0.2, 0.25) is 0 Å². The summed E-state index contributed by atoms with van der Waals surface area (Å²) >= 11 is 0. The highest BCUT2D eigenvalue weighted by Crippen LogP contribution is 2.22. The predicted molar refractivity (Wildman–Crippen MR) is 99.4 cm³/mol. The lowest BCUT2D eigenvalue weighted by Gasteiger charge is -2.21. The monoisotopic (exact) mass is 362 g/mol. The zero-order valence-electron chi connectivity index (χ0n) is 14.4. The fourth-order valence-corrected chi connectivity index (χ4v) is 2.81. The van der Waals surface area contributed by atoms with Crippen molar-refractivity contribution < 1.29 is 8.78 Å². The van der Waals surface area contributed by atoms with Crippen LogP contribution in [0.2, 0.25) is 0 Å². The first-order chi connectivity index (χ1) is 13.2. The number of hydrogen-bond acceptors (Lipinski definition) is 3. The van der Waals surface area contributed by atoms with Crippen LogP contribution in [0.5, 0.6) is 0 Å². The van der Waals surface area contributed by atoms with Gasteiger partial charge in [-0.3, -0.25) is 0 Å². The molecule has 2 heterocycles. The molecule has 1 aromatic heterocycles. The molecule has 0 atom stereocenters. The molecule has 0 radical (unpaired) electrons. The summed E-state index contributed by atoms with van der Waals surface area (Å²) in [7, 11) is 0. The molecule has 27 heavy (non-hydrogen) atoms. The zero-order valence-corrected chi connectivity index (χ0v) is 14.4. The molecule has 134 valence electrons. The van der Waals surface area contributed by atoms with E-state index in [-0.39, 0.29) is 11.6 Å². The molecule has 0 bridgehead atoms. The van der Waals surface area contributed by atoms with E-state index < -0.39 is 0 Å². The van der Waals surface area contributed by atoms with Gasteiger partial charge in [0.1, 0.15) is 11.6 Å². The molecule has 2 aromatic carbocycles. The van der Waals surface area contributed by atoms with E-state index in [1.807, 2.05) is 4.90 Å². The van der Waals surface area contributed by atoms with Crippen molar-refractivity contribution in [3.05, 3.63) is 82.8 Å². The lowest BCUT2D eigenvalue weighted by Crippen LogP contribution is -2.23. The summed E-state index contributed by atoms with van der Waals surface area (Å²) in [5, 5.41) is 0. The number of nitrogens with one attached hydrogen (secondary N) is 1. The largest absolute Gasteiger partial charge is 0.352 e. The van der Waals surface area contributed by atoms with Crippen molar-refractivity contribution in [2.45, 2.75) is 19.5 Å². The molecule has 1 aliphatic heterocycles. The average Bonchev–Trinajstić information content (AvgIpc) is 3.07. The van der Waals surface area contributed by atoms with E-state index in [2.05, 4.69) is 26.8 Å². The van der Waals surface area contributed by atoms with E-state index in [1.54, 1.807) is 30.6 Å². The SMILES string of the molecule is Fc1ccc(CC#Cc2nc3c([nH]2)CN(Cc2ccc(F)cc2)C=N3)cc1. The maximum Gasteiger partial charge on any atom is 0.185 e. The second kappa shape index (κ2) is 7.42. The molecule has 0 fully saturated rings. The molecule has 0 saturated carbocycles. The molecular formula is C21H16F2N4. The molecule has 0 amide bonds. The summed E-state index contributed by atoms with van der Waals surface area (Å²) in [6, 6.07) is 12.7. The molecule has 0 spiro atoms. The fraction of sp³-hybridized carbons (Fsp3) is 0.143. The number of halogens is 2. The lowest BCUT2D eigenvalue weighted by atomic mass is 10.1. The van der Waals surface area contributed by atoms with Crippen LogP contribution in [0.25, 0.3) is 0 Å². The van der Waals surface area contributed by atoms with Crippen LogP contribution >= 0.6 is 0 Å². The lowest BCUT2D eigenvalue weighted by molar-refractivity contribution is 0.409. The molecule has 0 saturated heterocycles. The Morgan fingerprint density at radius 1 is 0.963 bits per heavy atom. The topological polar surface area (TPSA) is 44.3 Å². The fourth-order valence-electron chi connectivity index (χ4n) is 2.81. The van der Waals surface area contributed by atoms with E-state index in [0.717, 1.165) is 16.8 Å². The third kappa shape index (κ3) is 4.21. The van der Waals surface area contributed by atoms with Crippen LogP contribution in [0.3, 0.4) is 0 Å². The Morgan fingerprint density at radius 3 is 2.33 bits per heavy atom. The minimum Gasteiger partial charge on any atom is -0.352 e. The highest BCUT2D eigenvalue weighted by atomic mass is 19.1. The Labute approximate surface area is 155 Å². The number of fused-ring (bicyclic) bond motifs is 1. The molecule has 0 aliphatic carbocycles. The molecule has 4 rings (SSSR count). The van der Waals surface area contributed by atoms with Crippen molar-refractivity contribution in [2.24, 2.45) is 4.99 Å². The molecule has 3 aromatic rings. The van der Waals surface area contributed by atoms with E-state index in [9.17, 15) is 8.78 Å². The number of rotatable bonds is 3. The molecule has 0 unspecified atom stereocenters. The van der Waals surface area contributed by atoms with E-state index in [1.165, 1.54) is 24.3 Å². The normalized spacial score (nSPS) is 12.4. The predicted octanol–water partition coefficient (Wildman–Crippen LogP) is 3.96. The van der Waals surface area contributed by atoms with Crippen molar-refractivity contribution in [1.82, 2.24) is 14.9 Å². The summed E-state index contributed by atoms with van der Waals surface area (Å²) in [4.78, 5) is 14.0. The van der Waals surface area contributed by atoms with Crippen molar-refractivity contribution >= 4 is 12.2 Å². The van der Waals surface area contributed by atoms with Crippen molar-refractivity contribution in [3.63, 3.8) is 0 Å². The standard InChI is InChI=1S/C21H16F2N4/c22-17-8-4-15(5-9-17)2-1-3-20-25-19-13-27(14-24-21(19)26-20)12-16-6-10-18(23)11-7-16/h4-11,14H,2,12-13H2,(H,25,26). The van der Waals surface area contributed by atoms with Crippen LogP contribution in [-0.4, -0.2) is 21.2 Å². The highest BCUT2D eigenvalue weighted by Gasteiger charge is 2.16. The van der Waals surface area contributed by atoms with E-state index in [0.29, 0.717) is 31.2 Å². The van der Waals surface area contributed by atoms with Gasteiger partial charge in [-0.25, -0.2) is 18.8 Å². The number of benzene rings is 2. The maximum atomic E-state index is 13.0. The molecule has 6 heteroatoms. The maximum absolute atomic E-state index is 13.0. The third-order valence-electron chi connectivity index (χ3n) is 4.17. The summed E-state index contributed by atoms with van der Waals surface area (Å²) in [6.45, 7) is 1.26. The van der Waals surface area contributed by atoms with Gasteiger partial charge in [0.25, 0.3) is 0 Å². The summed E-state index contributed by atoms with van der Waals surface area (Å²) in [6.07, 6.45) is 2.26. The van der Waals surface area contributed by atoms with Crippen molar-refractivity contribution in [3.8, 4) is 11.8 Å². The first-order valence-electron chi connectivity index (χ1n) is 8.50. The van der Waals surface area contributed by atoms with Gasteiger partial charge in [0.05, 0.1) is 18.6 Å². The number of aromatic amines is 1. The highest BCUT2D eigenvalue weighted by molar-refractivity contribution is 5.64. The third-order valence-corrected chi connectivity index (χ3v) is 4.17. The van der Waals surface area contributed by atoms with E-state index in [4.69, 9.17) is 0 Å². The van der Waals surface area contributed by atoms with Gasteiger partial charge in [-0.2, -0.15) is 0 Å². The minimum absolute atomic E-state index is 0.245. The van der Waals surface area contributed by atoms with Crippen LogP contribution in [0.15, 0.2) is 53.5 Å². The number of imidazole rings is 1. The Hall–Kier alpha value is -3.46. The quantitative estimate of drug-likeness (QED) is 0.717. The summed E-state index contributed by atoms with van der Waals surface area (Å²) in [5.41, 5.74) is 2.85. The van der Waals surface area contributed by atoms with Crippen molar-refractivity contribution in [2.75, 3.05) is 0 Å². The minimum atomic E-state index is -0.256. The number of aliphatic imine (C=N–C) groups is 1. The van der Waals surface area contributed by atoms with Crippen LogP contribution in [0, 0.1) is 23.5 Å². The average molecular weight is 362 g/mol. The Balaban J connectivity index is 1.40. The number of hydrogen-bond donors (Lipinski definition) is 1. The number of nitrogens with zero attached hydrogens (tertiary/aromatic N) is 3. The van der Waals surface area contributed by atoms with Gasteiger partial charge in [0.15, 0.2) is 11.6 Å². The van der Waals surface area contributed by atoms with Gasteiger partial charge in [0, 0.05) is 13.0 Å².